The standard InChI is InChI=1S/C19H21FN2O2.ClH/c20-15-7-5-14(6-8-15)13-24-18-4-2-1-3-17(18)19(23)22-16-9-11-21-12-10-16;/h1-8,16,21H,9-13H2,(H,22,23);1H. The van der Waals surface area contributed by atoms with Crippen molar-refractivity contribution >= 4 is 18.3 Å². The van der Waals surface area contributed by atoms with Gasteiger partial charge in [0, 0.05) is 6.04 Å². The van der Waals surface area contributed by atoms with Gasteiger partial charge in [0.2, 0.25) is 0 Å². The second-order valence-electron chi connectivity index (χ2n) is 5.91. The van der Waals surface area contributed by atoms with Crippen LogP contribution in [0, 0.1) is 5.82 Å². The van der Waals surface area contributed by atoms with Crippen molar-refractivity contribution in [3.63, 3.8) is 0 Å². The number of benzene rings is 2. The van der Waals surface area contributed by atoms with Crippen molar-refractivity contribution in [2.45, 2.75) is 25.5 Å². The summed E-state index contributed by atoms with van der Waals surface area (Å²) in [7, 11) is 0. The number of rotatable bonds is 5. The van der Waals surface area contributed by atoms with Crippen LogP contribution in [0.5, 0.6) is 5.75 Å². The zero-order valence-corrected chi connectivity index (χ0v) is 14.7. The minimum absolute atomic E-state index is 0. The monoisotopic (exact) mass is 364 g/mol. The maximum atomic E-state index is 12.9. The highest BCUT2D eigenvalue weighted by atomic mass is 35.5. The molecule has 1 aliphatic heterocycles. The van der Waals surface area contributed by atoms with E-state index in [4.69, 9.17) is 4.74 Å². The van der Waals surface area contributed by atoms with E-state index in [-0.39, 0.29) is 36.8 Å². The van der Waals surface area contributed by atoms with E-state index in [1.165, 1.54) is 12.1 Å². The van der Waals surface area contributed by atoms with Crippen LogP contribution in [-0.2, 0) is 6.61 Å². The Morgan fingerprint density at radius 2 is 1.80 bits per heavy atom. The predicted octanol–water partition coefficient (Wildman–Crippen LogP) is 3.31. The summed E-state index contributed by atoms with van der Waals surface area (Å²) < 4.78 is 18.7. The van der Waals surface area contributed by atoms with Gasteiger partial charge >= 0.3 is 0 Å². The molecule has 1 saturated heterocycles. The lowest BCUT2D eigenvalue weighted by atomic mass is 10.1. The molecule has 1 amide bonds. The zero-order valence-electron chi connectivity index (χ0n) is 13.8. The number of nitrogens with one attached hydrogen (secondary N) is 2. The number of hydrogen-bond acceptors (Lipinski definition) is 3. The van der Waals surface area contributed by atoms with Crippen molar-refractivity contribution in [1.82, 2.24) is 10.6 Å². The predicted molar refractivity (Wildman–Crippen MR) is 97.8 cm³/mol. The highest BCUT2D eigenvalue weighted by Gasteiger charge is 2.18. The molecule has 25 heavy (non-hydrogen) atoms. The quantitative estimate of drug-likeness (QED) is 0.855. The van der Waals surface area contributed by atoms with E-state index in [0.29, 0.717) is 11.3 Å². The molecule has 6 heteroatoms. The fraction of sp³-hybridized carbons (Fsp3) is 0.316. The lowest BCUT2D eigenvalue weighted by molar-refractivity contribution is 0.0925. The number of para-hydroxylation sites is 1. The van der Waals surface area contributed by atoms with Crippen LogP contribution in [0.3, 0.4) is 0 Å². The van der Waals surface area contributed by atoms with Gasteiger partial charge in [0.1, 0.15) is 18.2 Å². The van der Waals surface area contributed by atoms with Crippen LogP contribution in [-0.4, -0.2) is 25.0 Å². The second-order valence-corrected chi connectivity index (χ2v) is 5.91. The van der Waals surface area contributed by atoms with Gasteiger partial charge in [0.15, 0.2) is 0 Å². The van der Waals surface area contributed by atoms with E-state index in [2.05, 4.69) is 10.6 Å². The molecule has 0 saturated carbocycles. The highest BCUT2D eigenvalue weighted by Crippen LogP contribution is 2.20. The molecule has 2 aromatic carbocycles. The Morgan fingerprint density at radius 3 is 2.52 bits per heavy atom. The van der Waals surface area contributed by atoms with Gasteiger partial charge < -0.3 is 15.4 Å². The van der Waals surface area contributed by atoms with Gasteiger partial charge in [0.25, 0.3) is 5.91 Å². The topological polar surface area (TPSA) is 50.4 Å². The number of halogens is 2. The zero-order chi connectivity index (χ0) is 16.8. The molecule has 1 aliphatic rings. The van der Waals surface area contributed by atoms with E-state index in [0.717, 1.165) is 31.5 Å². The molecule has 0 unspecified atom stereocenters. The first-order valence-electron chi connectivity index (χ1n) is 8.20. The van der Waals surface area contributed by atoms with Crippen LogP contribution in [0.1, 0.15) is 28.8 Å². The van der Waals surface area contributed by atoms with E-state index < -0.39 is 0 Å². The minimum atomic E-state index is -0.277. The fourth-order valence-corrected chi connectivity index (χ4v) is 2.75. The Bertz CT molecular complexity index is 688. The van der Waals surface area contributed by atoms with Crippen molar-refractivity contribution in [1.29, 1.82) is 0 Å². The average Bonchev–Trinajstić information content (AvgIpc) is 2.62. The SMILES string of the molecule is Cl.O=C(NC1CCNCC1)c1ccccc1OCc1ccc(F)cc1. The van der Waals surface area contributed by atoms with Gasteiger partial charge in [0.05, 0.1) is 5.56 Å². The van der Waals surface area contributed by atoms with E-state index >= 15 is 0 Å². The lowest BCUT2D eigenvalue weighted by Gasteiger charge is -2.24. The molecule has 0 aliphatic carbocycles. The molecule has 3 rings (SSSR count). The van der Waals surface area contributed by atoms with E-state index in [1.54, 1.807) is 24.3 Å². The average molecular weight is 365 g/mol. The number of carbonyl (C=O) groups excluding carboxylic acids is 1. The van der Waals surface area contributed by atoms with Crippen LogP contribution >= 0.6 is 12.4 Å². The normalized spacial score (nSPS) is 14.4. The Morgan fingerprint density at radius 1 is 1.12 bits per heavy atom. The van der Waals surface area contributed by atoms with Gasteiger partial charge in [-0.15, -0.1) is 12.4 Å². The number of carbonyl (C=O) groups is 1. The van der Waals surface area contributed by atoms with Gasteiger partial charge in [-0.25, -0.2) is 4.39 Å². The maximum Gasteiger partial charge on any atom is 0.255 e. The first kappa shape index (κ1) is 19.2. The number of hydrogen-bond donors (Lipinski definition) is 2. The van der Waals surface area contributed by atoms with Gasteiger partial charge in [-0.1, -0.05) is 24.3 Å². The molecular formula is C19H22ClFN2O2. The van der Waals surface area contributed by atoms with Crippen LogP contribution in [0.2, 0.25) is 0 Å². The van der Waals surface area contributed by atoms with Gasteiger partial charge in [-0.05, 0) is 55.8 Å². The summed E-state index contributed by atoms with van der Waals surface area (Å²) in [6.45, 7) is 2.14. The number of ether oxygens (including phenoxy) is 1. The largest absolute Gasteiger partial charge is 0.488 e. The highest BCUT2D eigenvalue weighted by molar-refractivity contribution is 5.97. The van der Waals surface area contributed by atoms with Crippen molar-refractivity contribution < 1.29 is 13.9 Å². The Hall–Kier alpha value is -2.11. The van der Waals surface area contributed by atoms with Crippen molar-refractivity contribution in [2.24, 2.45) is 0 Å². The molecule has 0 spiro atoms. The lowest BCUT2D eigenvalue weighted by Crippen LogP contribution is -2.42. The second kappa shape index (κ2) is 9.39. The molecular weight excluding hydrogens is 343 g/mol. The van der Waals surface area contributed by atoms with Gasteiger partial charge in [-0.3, -0.25) is 4.79 Å². The molecule has 0 aromatic heterocycles. The summed E-state index contributed by atoms with van der Waals surface area (Å²) in [6.07, 6.45) is 1.87. The Kier molecular flexibility index (Phi) is 7.22. The molecule has 1 heterocycles. The first-order valence-corrected chi connectivity index (χ1v) is 8.20. The summed E-state index contributed by atoms with van der Waals surface area (Å²) in [4.78, 5) is 12.5. The molecule has 0 radical (unpaired) electrons. The minimum Gasteiger partial charge on any atom is -0.488 e. The molecule has 4 nitrogen and oxygen atoms in total. The number of piperidine rings is 1. The third-order valence-corrected chi connectivity index (χ3v) is 4.11. The molecule has 134 valence electrons. The van der Waals surface area contributed by atoms with E-state index in [9.17, 15) is 9.18 Å². The molecule has 1 fully saturated rings. The molecule has 2 N–H and O–H groups in total. The summed E-state index contributed by atoms with van der Waals surface area (Å²) in [5.74, 6) is 0.144. The summed E-state index contributed by atoms with van der Waals surface area (Å²) in [5.41, 5.74) is 1.38. The summed E-state index contributed by atoms with van der Waals surface area (Å²) >= 11 is 0. The Labute approximate surface area is 153 Å². The summed E-state index contributed by atoms with van der Waals surface area (Å²) in [5, 5.41) is 6.35. The first-order chi connectivity index (χ1) is 11.7. The molecule has 2 aromatic rings. The van der Waals surface area contributed by atoms with Crippen LogP contribution < -0.4 is 15.4 Å². The smallest absolute Gasteiger partial charge is 0.255 e. The fourth-order valence-electron chi connectivity index (χ4n) is 2.75. The maximum absolute atomic E-state index is 12.9. The summed E-state index contributed by atoms with van der Waals surface area (Å²) in [6, 6.07) is 13.5. The molecule has 0 atom stereocenters. The van der Waals surface area contributed by atoms with Crippen molar-refractivity contribution in [2.75, 3.05) is 13.1 Å². The van der Waals surface area contributed by atoms with Crippen LogP contribution in [0.25, 0.3) is 0 Å². The van der Waals surface area contributed by atoms with Crippen molar-refractivity contribution in [3.8, 4) is 5.75 Å². The number of amides is 1. The van der Waals surface area contributed by atoms with Gasteiger partial charge in [-0.2, -0.15) is 0 Å². The molecule has 0 bridgehead atoms. The van der Waals surface area contributed by atoms with Crippen LogP contribution in [0.4, 0.5) is 4.39 Å². The Balaban J connectivity index is 0.00000225. The van der Waals surface area contributed by atoms with Crippen molar-refractivity contribution in [3.05, 3.63) is 65.5 Å². The third kappa shape index (κ3) is 5.44. The third-order valence-electron chi connectivity index (χ3n) is 4.11. The van der Waals surface area contributed by atoms with Crippen LogP contribution in [0.15, 0.2) is 48.5 Å². The van der Waals surface area contributed by atoms with E-state index in [1.807, 2.05) is 12.1 Å².